The number of hydrogen-bond acceptors (Lipinski definition) is 10. The fourth-order valence-electron chi connectivity index (χ4n) is 3.22. The highest BCUT2D eigenvalue weighted by Gasteiger charge is 2.22. The predicted octanol–water partition coefficient (Wildman–Crippen LogP) is 3.72. The van der Waals surface area contributed by atoms with E-state index in [1.807, 2.05) is 20.8 Å². The third kappa shape index (κ3) is 9.30. The lowest BCUT2D eigenvalue weighted by molar-refractivity contribution is -0.118. The molecule has 37 heavy (non-hydrogen) atoms. The minimum atomic E-state index is -3.71. The Hall–Kier alpha value is -3.22. The van der Waals surface area contributed by atoms with Crippen molar-refractivity contribution < 1.29 is 32.9 Å². The zero-order valence-corrected chi connectivity index (χ0v) is 22.6. The number of rotatable bonds is 12. The van der Waals surface area contributed by atoms with Gasteiger partial charge in [-0.15, -0.1) is 10.2 Å². The average molecular weight is 537 g/mol. The molecule has 0 aliphatic carbocycles. The Kier molecular flexibility index (Phi) is 10.4. The summed E-state index contributed by atoms with van der Waals surface area (Å²) in [5, 5.41) is 30.8. The van der Waals surface area contributed by atoms with E-state index in [1.54, 1.807) is 6.07 Å². The molecule has 2 aromatic carbocycles. The molecule has 1 unspecified atom stereocenters. The van der Waals surface area contributed by atoms with Gasteiger partial charge in [0.25, 0.3) is 0 Å². The number of amides is 1. The van der Waals surface area contributed by atoms with Gasteiger partial charge in [-0.2, -0.15) is 0 Å². The van der Waals surface area contributed by atoms with Gasteiger partial charge >= 0.3 is 0 Å². The first-order valence-electron chi connectivity index (χ1n) is 11.8. The van der Waals surface area contributed by atoms with Gasteiger partial charge in [0.15, 0.2) is 16.1 Å². The number of carbonyl (C=O) groups excluding carboxylic acids is 1. The largest absolute Gasteiger partial charge is 0.505 e. The number of ether oxygens (including phenoxy) is 2. The van der Waals surface area contributed by atoms with E-state index in [-0.39, 0.29) is 45.9 Å². The van der Waals surface area contributed by atoms with E-state index in [0.29, 0.717) is 30.9 Å². The van der Waals surface area contributed by atoms with Crippen LogP contribution in [-0.2, 0) is 24.8 Å². The third-order valence-electron chi connectivity index (χ3n) is 5.16. The van der Waals surface area contributed by atoms with E-state index in [4.69, 9.17) is 15.2 Å². The monoisotopic (exact) mass is 536 g/mol. The molecule has 0 aliphatic rings. The van der Waals surface area contributed by atoms with Gasteiger partial charge in [-0.05, 0) is 36.6 Å². The normalized spacial score (nSPS) is 13.0. The molecule has 11 nitrogen and oxygen atoms in total. The van der Waals surface area contributed by atoms with E-state index in [9.17, 15) is 23.4 Å². The fourth-order valence-corrected chi connectivity index (χ4v) is 4.39. The maximum Gasteiger partial charge on any atom is 0.216 e. The number of carbonyl (C=O) groups is 1. The Bertz CT molecular complexity index is 1220. The van der Waals surface area contributed by atoms with Crippen LogP contribution in [-0.4, -0.2) is 56.3 Å². The quantitative estimate of drug-likeness (QED) is 0.137. The topological polar surface area (TPSA) is 173 Å². The van der Waals surface area contributed by atoms with Gasteiger partial charge in [-0.3, -0.25) is 4.79 Å². The molecule has 2 aromatic rings. The van der Waals surface area contributed by atoms with Crippen LogP contribution < -0.4 is 15.8 Å². The number of phenols is 1. The van der Waals surface area contributed by atoms with Crippen molar-refractivity contribution in [3.63, 3.8) is 0 Å². The molecule has 12 heteroatoms. The molecule has 0 bridgehead atoms. The number of phenolic OH excluding ortho intramolecular Hbond substituents is 1. The van der Waals surface area contributed by atoms with Crippen LogP contribution >= 0.6 is 0 Å². The Morgan fingerprint density at radius 1 is 1.14 bits per heavy atom. The van der Waals surface area contributed by atoms with E-state index < -0.39 is 21.5 Å². The molecule has 2 rings (SSSR count). The van der Waals surface area contributed by atoms with Gasteiger partial charge in [0.1, 0.15) is 22.9 Å². The van der Waals surface area contributed by atoms with Crippen molar-refractivity contribution in [1.82, 2.24) is 5.32 Å². The standard InChI is InChI=1S/C25H36N4O7S/c1-16(30)27-9-12-37(33,34)19-7-8-21(26)22(15-19)28-29-23-14-18(36-11-6-10-35-17(2)31)13-20(24(23)32)25(3,4)5/h7-8,13-15,17,31-32H,6,9-12,26H2,1-5H3,(H,27,30). The Morgan fingerprint density at radius 3 is 2.43 bits per heavy atom. The van der Waals surface area contributed by atoms with Crippen molar-refractivity contribution in [3.8, 4) is 11.5 Å². The SMILES string of the molecule is CC(=O)NCCS(=O)(=O)c1ccc(N)c(N=Nc2cc(OCCCOC(C)O)cc(C(C)(C)C)c2O)c1. The Labute approximate surface area is 217 Å². The minimum Gasteiger partial charge on any atom is -0.505 e. The highest BCUT2D eigenvalue weighted by molar-refractivity contribution is 7.91. The molecular weight excluding hydrogens is 500 g/mol. The molecule has 0 aromatic heterocycles. The second kappa shape index (κ2) is 12.8. The van der Waals surface area contributed by atoms with E-state index in [0.717, 1.165) is 0 Å². The van der Waals surface area contributed by atoms with Crippen molar-refractivity contribution >= 4 is 32.8 Å². The van der Waals surface area contributed by atoms with E-state index in [1.165, 1.54) is 38.1 Å². The second-order valence-electron chi connectivity index (χ2n) is 9.48. The number of azo groups is 1. The molecular formula is C25H36N4O7S. The van der Waals surface area contributed by atoms with Crippen LogP contribution in [0.2, 0.25) is 0 Å². The second-order valence-corrected chi connectivity index (χ2v) is 11.6. The zero-order chi connectivity index (χ0) is 27.8. The van der Waals surface area contributed by atoms with Crippen LogP contribution in [0.1, 0.15) is 46.6 Å². The number of nitrogen functional groups attached to an aromatic ring is 1. The molecule has 0 spiro atoms. The number of aliphatic hydroxyl groups excluding tert-OH is 1. The number of aliphatic hydroxyl groups is 1. The van der Waals surface area contributed by atoms with Crippen LogP contribution in [0.25, 0.3) is 0 Å². The number of hydrogen-bond donors (Lipinski definition) is 4. The molecule has 0 radical (unpaired) electrons. The van der Waals surface area contributed by atoms with E-state index in [2.05, 4.69) is 15.5 Å². The van der Waals surface area contributed by atoms with Crippen LogP contribution in [0.4, 0.5) is 17.1 Å². The number of aromatic hydroxyl groups is 1. The van der Waals surface area contributed by atoms with Crippen molar-refractivity contribution in [3.05, 3.63) is 35.9 Å². The molecule has 0 fully saturated rings. The van der Waals surface area contributed by atoms with Crippen molar-refractivity contribution in [2.45, 2.75) is 57.6 Å². The van der Waals surface area contributed by atoms with Gasteiger partial charge in [-0.1, -0.05) is 20.8 Å². The maximum absolute atomic E-state index is 12.6. The highest BCUT2D eigenvalue weighted by Crippen LogP contribution is 2.42. The first kappa shape index (κ1) is 30.0. The maximum atomic E-state index is 12.6. The summed E-state index contributed by atoms with van der Waals surface area (Å²) >= 11 is 0. The zero-order valence-electron chi connectivity index (χ0n) is 21.8. The van der Waals surface area contributed by atoms with Crippen LogP contribution in [0.3, 0.4) is 0 Å². The lowest BCUT2D eigenvalue weighted by Crippen LogP contribution is -2.26. The van der Waals surface area contributed by atoms with Gasteiger partial charge in [0, 0.05) is 31.5 Å². The van der Waals surface area contributed by atoms with Gasteiger partial charge in [0.05, 0.1) is 29.5 Å². The summed E-state index contributed by atoms with van der Waals surface area (Å²) in [5.74, 6) is -0.241. The third-order valence-corrected chi connectivity index (χ3v) is 6.87. The summed E-state index contributed by atoms with van der Waals surface area (Å²) in [5.41, 5.74) is 6.58. The predicted molar refractivity (Wildman–Crippen MR) is 140 cm³/mol. The van der Waals surface area contributed by atoms with E-state index >= 15 is 0 Å². The molecule has 1 atom stereocenters. The van der Waals surface area contributed by atoms with Crippen LogP contribution in [0.15, 0.2) is 45.5 Å². The van der Waals surface area contributed by atoms with Crippen molar-refractivity contribution in [2.75, 3.05) is 31.2 Å². The summed E-state index contributed by atoms with van der Waals surface area (Å²) < 4.78 is 36.2. The highest BCUT2D eigenvalue weighted by atomic mass is 32.2. The summed E-state index contributed by atoms with van der Waals surface area (Å²) in [6.07, 6.45) is -0.320. The first-order chi connectivity index (χ1) is 17.2. The number of anilines is 1. The fraction of sp³-hybridized carbons (Fsp3) is 0.480. The Balaban J connectivity index is 2.33. The Morgan fingerprint density at radius 2 is 1.81 bits per heavy atom. The molecule has 1 amide bonds. The number of sulfone groups is 1. The van der Waals surface area contributed by atoms with Gasteiger partial charge in [0.2, 0.25) is 5.91 Å². The number of nitrogens with two attached hydrogens (primary N) is 1. The van der Waals surface area contributed by atoms with Crippen LogP contribution in [0, 0.1) is 0 Å². The molecule has 0 saturated carbocycles. The van der Waals surface area contributed by atoms with Crippen molar-refractivity contribution in [2.24, 2.45) is 10.2 Å². The minimum absolute atomic E-state index is 0.0166. The lowest BCUT2D eigenvalue weighted by Gasteiger charge is -2.22. The van der Waals surface area contributed by atoms with Gasteiger partial charge < -0.3 is 30.7 Å². The molecule has 0 aliphatic heterocycles. The summed E-state index contributed by atoms with van der Waals surface area (Å²) in [7, 11) is -3.71. The van der Waals surface area contributed by atoms with Gasteiger partial charge in [-0.25, -0.2) is 8.42 Å². The van der Waals surface area contributed by atoms with Crippen molar-refractivity contribution in [1.29, 1.82) is 0 Å². The average Bonchev–Trinajstić information content (AvgIpc) is 2.78. The van der Waals surface area contributed by atoms with Crippen LogP contribution in [0.5, 0.6) is 11.5 Å². The number of nitrogens with one attached hydrogen (secondary N) is 1. The molecule has 5 N–H and O–H groups in total. The number of nitrogens with zero attached hydrogens (tertiary/aromatic N) is 2. The summed E-state index contributed by atoms with van der Waals surface area (Å²) in [6.45, 7) is 9.21. The smallest absolute Gasteiger partial charge is 0.216 e. The molecule has 0 saturated heterocycles. The molecule has 0 heterocycles. The first-order valence-corrected chi connectivity index (χ1v) is 13.4. The molecule has 204 valence electrons. The lowest BCUT2D eigenvalue weighted by atomic mass is 9.86. The summed E-state index contributed by atoms with van der Waals surface area (Å²) in [4.78, 5) is 11.0. The number of benzene rings is 2. The summed E-state index contributed by atoms with van der Waals surface area (Å²) in [6, 6.07) is 7.32.